The molecule has 37 heavy (non-hydrogen) atoms. The van der Waals surface area contributed by atoms with Gasteiger partial charge in [0.1, 0.15) is 29.7 Å². The minimum atomic E-state index is -0.651. The largest absolute Gasteiger partial charge is 0.491 e. The Hall–Kier alpha value is -3.69. The van der Waals surface area contributed by atoms with Crippen molar-refractivity contribution in [1.82, 2.24) is 20.3 Å². The maximum Gasteiger partial charge on any atom is 0.259 e. The number of hydrogen-bond acceptors (Lipinski definition) is 7. The standard InChI is InChI=1S/C27H32N4O6/c1-3-20-24(22(4-2)37-29-20)27(35)30-12-6-5-7-17(30)15-36-18-8-9-19-16(13-18)14-31(26(19)34)21-10-11-23(32)28-25(21)33/h8-9,13,17,21H,3-7,10-12,14-15H2,1-2H3,(H,28,32,33)/t17-,21?/m0/s1. The van der Waals surface area contributed by atoms with Crippen molar-refractivity contribution in [2.45, 2.75) is 77.4 Å². The van der Waals surface area contributed by atoms with E-state index in [9.17, 15) is 19.2 Å². The number of carbonyl (C=O) groups excluding carboxylic acids is 4. The van der Waals surface area contributed by atoms with Gasteiger partial charge in [-0.3, -0.25) is 24.5 Å². The van der Waals surface area contributed by atoms with Gasteiger partial charge in [0.25, 0.3) is 11.8 Å². The van der Waals surface area contributed by atoms with Crippen molar-refractivity contribution in [3.05, 3.63) is 46.3 Å². The Morgan fingerprint density at radius 2 is 2.00 bits per heavy atom. The van der Waals surface area contributed by atoms with Crippen LogP contribution in [0.3, 0.4) is 0 Å². The van der Waals surface area contributed by atoms with Gasteiger partial charge in [-0.1, -0.05) is 19.0 Å². The zero-order chi connectivity index (χ0) is 26.1. The molecule has 0 bridgehead atoms. The highest BCUT2D eigenvalue weighted by molar-refractivity contribution is 6.05. The first-order valence-electron chi connectivity index (χ1n) is 13.1. The molecule has 1 aromatic carbocycles. The number of aromatic nitrogens is 1. The normalized spacial score (nSPS) is 21.7. The summed E-state index contributed by atoms with van der Waals surface area (Å²) < 4.78 is 11.6. The average molecular weight is 509 g/mol. The summed E-state index contributed by atoms with van der Waals surface area (Å²) in [6, 6.07) is 4.58. The third kappa shape index (κ3) is 4.72. The summed E-state index contributed by atoms with van der Waals surface area (Å²) in [6.45, 7) is 5.20. The zero-order valence-electron chi connectivity index (χ0n) is 21.2. The van der Waals surface area contributed by atoms with E-state index in [2.05, 4.69) is 10.5 Å². The summed E-state index contributed by atoms with van der Waals surface area (Å²) in [5, 5.41) is 6.42. The molecule has 0 spiro atoms. The van der Waals surface area contributed by atoms with Crippen LogP contribution in [0.5, 0.6) is 5.75 Å². The number of imide groups is 1. The Morgan fingerprint density at radius 1 is 1.16 bits per heavy atom. The number of fused-ring (bicyclic) bond motifs is 1. The second-order valence-corrected chi connectivity index (χ2v) is 9.81. The van der Waals surface area contributed by atoms with Gasteiger partial charge in [-0.25, -0.2) is 0 Å². The van der Waals surface area contributed by atoms with Gasteiger partial charge in [-0.05, 0) is 55.9 Å². The quantitative estimate of drug-likeness (QED) is 0.571. The van der Waals surface area contributed by atoms with Gasteiger partial charge in [-0.2, -0.15) is 0 Å². The molecule has 3 aliphatic heterocycles. The highest BCUT2D eigenvalue weighted by Gasteiger charge is 2.39. The number of rotatable bonds is 7. The number of ether oxygens (including phenoxy) is 1. The molecule has 1 aromatic heterocycles. The predicted octanol–water partition coefficient (Wildman–Crippen LogP) is 2.63. The molecule has 1 unspecified atom stereocenters. The molecule has 5 rings (SSSR count). The molecular formula is C27H32N4O6. The molecule has 3 aliphatic rings. The molecule has 2 fully saturated rings. The van der Waals surface area contributed by atoms with Crippen LogP contribution in [0.15, 0.2) is 22.7 Å². The van der Waals surface area contributed by atoms with E-state index < -0.39 is 11.9 Å². The first-order chi connectivity index (χ1) is 17.9. The number of piperidine rings is 2. The summed E-state index contributed by atoms with van der Waals surface area (Å²) in [5.74, 6) is 0.229. The van der Waals surface area contributed by atoms with Crippen LogP contribution < -0.4 is 10.1 Å². The molecule has 2 saturated heterocycles. The summed E-state index contributed by atoms with van der Waals surface area (Å²) in [4.78, 5) is 53.7. The number of carbonyl (C=O) groups is 4. The number of aryl methyl sites for hydroxylation is 2. The Labute approximate surface area is 215 Å². The second-order valence-electron chi connectivity index (χ2n) is 9.81. The lowest BCUT2D eigenvalue weighted by Gasteiger charge is -2.35. The second kappa shape index (κ2) is 10.4. The van der Waals surface area contributed by atoms with E-state index >= 15 is 0 Å². The SMILES string of the molecule is CCc1noc(CC)c1C(=O)N1CCCC[C@H]1COc1ccc2c(c1)CN(C1CCC(=O)NC1=O)C2=O. The highest BCUT2D eigenvalue weighted by Crippen LogP contribution is 2.31. The van der Waals surface area contributed by atoms with Crippen molar-refractivity contribution in [2.75, 3.05) is 13.2 Å². The molecule has 0 aliphatic carbocycles. The Bertz CT molecular complexity index is 1220. The Balaban J connectivity index is 1.27. The maximum absolute atomic E-state index is 13.5. The van der Waals surface area contributed by atoms with Gasteiger partial charge in [0.05, 0.1) is 11.7 Å². The van der Waals surface area contributed by atoms with Crippen LogP contribution in [0, 0.1) is 0 Å². The third-order valence-electron chi connectivity index (χ3n) is 7.53. The van der Waals surface area contributed by atoms with E-state index in [0.717, 1.165) is 24.8 Å². The first kappa shape index (κ1) is 25.0. The van der Waals surface area contributed by atoms with Crippen LogP contribution in [0.1, 0.15) is 83.7 Å². The molecule has 10 nitrogen and oxygen atoms in total. The van der Waals surface area contributed by atoms with Crippen LogP contribution in [0.4, 0.5) is 0 Å². The molecule has 2 atom stereocenters. The van der Waals surface area contributed by atoms with Gasteiger partial charge >= 0.3 is 0 Å². The molecule has 4 amide bonds. The van der Waals surface area contributed by atoms with Crippen LogP contribution in [0.25, 0.3) is 0 Å². The Morgan fingerprint density at radius 3 is 2.76 bits per heavy atom. The first-order valence-corrected chi connectivity index (χ1v) is 13.1. The van der Waals surface area contributed by atoms with Crippen molar-refractivity contribution in [3.8, 4) is 5.75 Å². The molecule has 1 N–H and O–H groups in total. The predicted molar refractivity (Wildman–Crippen MR) is 132 cm³/mol. The van der Waals surface area contributed by atoms with Crippen LogP contribution in [-0.4, -0.2) is 63.8 Å². The average Bonchev–Trinajstić information content (AvgIpc) is 3.47. The molecule has 0 radical (unpaired) electrons. The zero-order valence-corrected chi connectivity index (χ0v) is 21.2. The summed E-state index contributed by atoms with van der Waals surface area (Å²) in [6.07, 6.45) is 4.57. The smallest absolute Gasteiger partial charge is 0.259 e. The monoisotopic (exact) mass is 508 g/mol. The van der Waals surface area contributed by atoms with E-state index in [0.29, 0.717) is 67.3 Å². The summed E-state index contributed by atoms with van der Waals surface area (Å²) in [5.41, 5.74) is 2.60. The van der Waals surface area contributed by atoms with Crippen LogP contribution >= 0.6 is 0 Å². The van der Waals surface area contributed by atoms with Gasteiger partial charge in [0.2, 0.25) is 11.8 Å². The van der Waals surface area contributed by atoms with Gasteiger partial charge in [-0.15, -0.1) is 0 Å². The fourth-order valence-electron chi connectivity index (χ4n) is 5.51. The molecule has 10 heteroatoms. The number of likely N-dealkylation sites (tertiary alicyclic amines) is 1. The maximum atomic E-state index is 13.5. The van der Waals surface area contributed by atoms with E-state index in [-0.39, 0.29) is 30.2 Å². The van der Waals surface area contributed by atoms with Crippen molar-refractivity contribution >= 4 is 23.6 Å². The highest BCUT2D eigenvalue weighted by atomic mass is 16.5. The van der Waals surface area contributed by atoms with E-state index in [1.54, 1.807) is 12.1 Å². The number of hydrogen-bond donors (Lipinski definition) is 1. The minimum Gasteiger partial charge on any atom is -0.491 e. The molecule has 0 saturated carbocycles. The lowest BCUT2D eigenvalue weighted by atomic mass is 10.00. The molecule has 2 aromatic rings. The van der Waals surface area contributed by atoms with E-state index in [1.165, 1.54) is 4.90 Å². The molecular weight excluding hydrogens is 476 g/mol. The van der Waals surface area contributed by atoms with Crippen LogP contribution in [-0.2, 0) is 29.0 Å². The topological polar surface area (TPSA) is 122 Å². The number of nitrogens with one attached hydrogen (secondary N) is 1. The van der Waals surface area contributed by atoms with Gasteiger partial charge in [0, 0.05) is 31.5 Å². The Kier molecular flexibility index (Phi) is 6.99. The molecule has 4 heterocycles. The van der Waals surface area contributed by atoms with Gasteiger partial charge in [0.15, 0.2) is 0 Å². The lowest BCUT2D eigenvalue weighted by molar-refractivity contribution is -0.136. The fraction of sp³-hybridized carbons (Fsp3) is 0.519. The summed E-state index contributed by atoms with van der Waals surface area (Å²) in [7, 11) is 0. The number of amides is 4. The number of benzene rings is 1. The molecule has 196 valence electrons. The van der Waals surface area contributed by atoms with E-state index in [1.807, 2.05) is 24.8 Å². The van der Waals surface area contributed by atoms with Crippen molar-refractivity contribution < 1.29 is 28.4 Å². The van der Waals surface area contributed by atoms with Crippen molar-refractivity contribution in [2.24, 2.45) is 0 Å². The van der Waals surface area contributed by atoms with Crippen molar-refractivity contribution in [1.29, 1.82) is 0 Å². The van der Waals surface area contributed by atoms with Crippen LogP contribution in [0.2, 0.25) is 0 Å². The van der Waals surface area contributed by atoms with E-state index in [4.69, 9.17) is 9.26 Å². The minimum absolute atomic E-state index is 0.0531. The third-order valence-corrected chi connectivity index (χ3v) is 7.53. The lowest BCUT2D eigenvalue weighted by Crippen LogP contribution is -2.52. The fourth-order valence-corrected chi connectivity index (χ4v) is 5.51. The van der Waals surface area contributed by atoms with Crippen molar-refractivity contribution in [3.63, 3.8) is 0 Å². The number of nitrogens with zero attached hydrogens (tertiary/aromatic N) is 3. The van der Waals surface area contributed by atoms with Gasteiger partial charge < -0.3 is 19.1 Å². The summed E-state index contributed by atoms with van der Waals surface area (Å²) >= 11 is 0.